The molecule has 7 heteroatoms. The minimum absolute atomic E-state index is 0.402. The molecule has 4 aromatic heterocycles. The second-order valence-corrected chi connectivity index (χ2v) is 18.6. The molecule has 0 bridgehead atoms. The fraction of sp³-hybridized carbons (Fsp3) is 0.0667. The van der Waals surface area contributed by atoms with Crippen molar-refractivity contribution in [2.75, 3.05) is 7.05 Å². The molecule has 324 valence electrons. The van der Waals surface area contributed by atoms with Crippen LogP contribution < -0.4 is 5.32 Å². The zero-order valence-corrected chi connectivity index (χ0v) is 39.0. The molecular formula is C60H45N3O2S2. The number of fused-ring (bicyclic) bond motifs is 10. The van der Waals surface area contributed by atoms with E-state index in [0.29, 0.717) is 6.54 Å². The first-order chi connectivity index (χ1) is 33.0. The maximum Gasteiger partial charge on any atom is 0.136 e. The highest BCUT2D eigenvalue weighted by Crippen LogP contribution is 2.41. The first kappa shape index (κ1) is 41.8. The lowest BCUT2D eigenvalue weighted by atomic mass is 9.96. The monoisotopic (exact) mass is 903 g/mol. The molecule has 0 radical (unpaired) electrons. The van der Waals surface area contributed by atoms with Crippen LogP contribution in [-0.2, 0) is 6.54 Å². The van der Waals surface area contributed by atoms with Gasteiger partial charge in [-0.05, 0) is 102 Å². The lowest BCUT2D eigenvalue weighted by molar-refractivity contribution is 0.668. The first-order valence-electron chi connectivity index (χ1n) is 22.3. The molecule has 0 aliphatic rings. The largest absolute Gasteiger partial charge is 0.456 e. The van der Waals surface area contributed by atoms with Crippen LogP contribution in [0.5, 0.6) is 0 Å². The number of amidine groups is 2. The molecule has 0 spiro atoms. The lowest BCUT2D eigenvalue weighted by Gasteiger charge is -2.14. The van der Waals surface area contributed by atoms with Gasteiger partial charge in [0.25, 0.3) is 0 Å². The Labute approximate surface area is 396 Å². The third kappa shape index (κ3) is 7.43. The molecule has 0 saturated heterocycles. The van der Waals surface area contributed by atoms with E-state index in [-0.39, 0.29) is 0 Å². The van der Waals surface area contributed by atoms with Crippen molar-refractivity contribution < 1.29 is 8.83 Å². The Morgan fingerprint density at radius 3 is 2.15 bits per heavy atom. The molecule has 0 atom stereocenters. The number of furan rings is 2. The minimum Gasteiger partial charge on any atom is -0.456 e. The molecule has 4 heterocycles. The highest BCUT2D eigenvalue weighted by atomic mass is 32.1. The molecule has 7 aromatic carbocycles. The Balaban J connectivity index is 1.01. The zero-order valence-electron chi connectivity index (χ0n) is 37.4. The quantitative estimate of drug-likeness (QED) is 0.0845. The van der Waals surface area contributed by atoms with Crippen molar-refractivity contribution in [1.29, 1.82) is 0 Å². The summed E-state index contributed by atoms with van der Waals surface area (Å²) in [7, 11) is 1.83. The molecule has 0 aliphatic carbocycles. The van der Waals surface area contributed by atoms with E-state index in [1.54, 1.807) is 22.7 Å². The standard InChI is InChI=1S/C60H45N3O2S2/c1-6-14-36(15-7-2)37-23-29-47-52(32-37)65-51-21-13-19-42(58(47)51)38-26-30-49-48(31-38)57-41(17-12-20-50(57)64-49)35-62-60(40-25-28-46-44-18-10-11-22-54(44)67-56(46)34-40)63-59(61-5)39-24-27-45-43(16-8-3)53(9-4)66-55(45)33-39/h6-34H,1,4,35H2,2-3,5H3,(H,61,62,63)/b15-7-,16-8-,36-14+. The van der Waals surface area contributed by atoms with E-state index in [4.69, 9.17) is 18.8 Å². The molecule has 67 heavy (non-hydrogen) atoms. The van der Waals surface area contributed by atoms with Gasteiger partial charge in [-0.2, -0.15) is 0 Å². The molecule has 5 nitrogen and oxygen atoms in total. The second kappa shape index (κ2) is 17.5. The van der Waals surface area contributed by atoms with Crippen LogP contribution in [0.2, 0.25) is 0 Å². The topological polar surface area (TPSA) is 63.0 Å². The summed E-state index contributed by atoms with van der Waals surface area (Å²) < 4.78 is 16.7. The summed E-state index contributed by atoms with van der Waals surface area (Å²) in [6.07, 6.45) is 14.1. The van der Waals surface area contributed by atoms with Crippen LogP contribution in [0.4, 0.5) is 0 Å². The SMILES string of the molecule is C=C/C=C(\C=C/C)c1ccc2c(c1)oc1cccc(-c3ccc4oc5cccc(CN=C(NC(=NC)c6ccc7c(/C=C\C)c(C=C)sc7c6)c6ccc7c(c6)sc6ccccc67)c5c4c3)c12. The van der Waals surface area contributed by atoms with Gasteiger partial charge >= 0.3 is 0 Å². The van der Waals surface area contributed by atoms with Gasteiger partial charge in [-0.25, -0.2) is 0 Å². The van der Waals surface area contributed by atoms with Crippen molar-refractivity contribution >= 4 is 126 Å². The van der Waals surface area contributed by atoms with Crippen LogP contribution in [-0.4, -0.2) is 18.7 Å². The Morgan fingerprint density at radius 1 is 0.612 bits per heavy atom. The fourth-order valence-corrected chi connectivity index (χ4v) is 11.6. The third-order valence-electron chi connectivity index (χ3n) is 12.4. The Morgan fingerprint density at radius 2 is 1.34 bits per heavy atom. The van der Waals surface area contributed by atoms with Crippen LogP contribution >= 0.6 is 22.7 Å². The molecular weight excluding hydrogens is 859 g/mol. The van der Waals surface area contributed by atoms with Gasteiger partial charge in [0.2, 0.25) is 0 Å². The zero-order chi connectivity index (χ0) is 45.6. The smallest absolute Gasteiger partial charge is 0.136 e. The van der Waals surface area contributed by atoms with E-state index in [9.17, 15) is 0 Å². The van der Waals surface area contributed by atoms with Crippen molar-refractivity contribution in [3.8, 4) is 11.1 Å². The number of benzene rings is 7. The molecule has 0 fully saturated rings. The van der Waals surface area contributed by atoms with Crippen LogP contribution in [0.3, 0.4) is 0 Å². The Hall–Kier alpha value is -7.84. The van der Waals surface area contributed by atoms with E-state index < -0.39 is 0 Å². The van der Waals surface area contributed by atoms with E-state index in [2.05, 4.69) is 158 Å². The highest BCUT2D eigenvalue weighted by Gasteiger charge is 2.19. The van der Waals surface area contributed by atoms with Gasteiger partial charge in [-0.15, -0.1) is 22.7 Å². The summed E-state index contributed by atoms with van der Waals surface area (Å²) >= 11 is 3.54. The predicted molar refractivity (Wildman–Crippen MR) is 291 cm³/mol. The second-order valence-electron chi connectivity index (χ2n) is 16.4. The number of allylic oxidation sites excluding steroid dienone is 6. The van der Waals surface area contributed by atoms with Crippen LogP contribution in [0.25, 0.3) is 103 Å². The van der Waals surface area contributed by atoms with Gasteiger partial charge in [0.1, 0.15) is 34.0 Å². The fourth-order valence-electron chi connectivity index (χ4n) is 9.38. The van der Waals surface area contributed by atoms with E-state index >= 15 is 0 Å². The molecule has 0 aliphatic heterocycles. The molecule has 0 amide bonds. The minimum atomic E-state index is 0.402. The maximum absolute atomic E-state index is 6.55. The summed E-state index contributed by atoms with van der Waals surface area (Å²) in [5, 5.41) is 11.6. The lowest BCUT2D eigenvalue weighted by Crippen LogP contribution is -2.32. The number of hydrogen-bond donors (Lipinski definition) is 1. The maximum atomic E-state index is 6.55. The number of thiophene rings is 2. The van der Waals surface area contributed by atoms with Crippen molar-refractivity contribution in [2.45, 2.75) is 20.4 Å². The number of nitrogens with zero attached hydrogens (tertiary/aromatic N) is 2. The molecule has 11 aromatic rings. The van der Waals surface area contributed by atoms with Crippen molar-refractivity contribution in [3.63, 3.8) is 0 Å². The van der Waals surface area contributed by atoms with E-state index in [0.717, 1.165) is 99.4 Å². The number of rotatable bonds is 10. The average Bonchev–Trinajstić information content (AvgIpc) is 4.13. The molecule has 1 N–H and O–H groups in total. The van der Waals surface area contributed by atoms with Gasteiger partial charge in [-0.3, -0.25) is 9.98 Å². The summed E-state index contributed by atoms with van der Waals surface area (Å²) in [6.45, 7) is 12.5. The average molecular weight is 904 g/mol. The first-order valence-corrected chi connectivity index (χ1v) is 24.0. The van der Waals surface area contributed by atoms with Gasteiger partial charge in [-0.1, -0.05) is 135 Å². The highest BCUT2D eigenvalue weighted by molar-refractivity contribution is 7.25. The Kier molecular flexibility index (Phi) is 10.9. The van der Waals surface area contributed by atoms with E-state index in [1.807, 2.05) is 57.3 Å². The molecule has 11 rings (SSSR count). The normalized spacial score (nSPS) is 13.0. The van der Waals surface area contributed by atoms with Gasteiger partial charge in [0.05, 0.1) is 6.54 Å². The van der Waals surface area contributed by atoms with Crippen LogP contribution in [0, 0.1) is 0 Å². The number of nitrogens with one attached hydrogen (secondary N) is 1. The van der Waals surface area contributed by atoms with Crippen molar-refractivity contribution in [1.82, 2.24) is 5.32 Å². The summed E-state index contributed by atoms with van der Waals surface area (Å²) in [5.41, 5.74) is 11.9. The summed E-state index contributed by atoms with van der Waals surface area (Å²) in [4.78, 5) is 11.4. The van der Waals surface area contributed by atoms with Crippen LogP contribution in [0.1, 0.15) is 46.5 Å². The van der Waals surface area contributed by atoms with E-state index in [1.165, 1.54) is 35.8 Å². The summed E-state index contributed by atoms with van der Waals surface area (Å²) in [6, 6.07) is 47.2. The summed E-state index contributed by atoms with van der Waals surface area (Å²) in [5.74, 6) is 1.47. The van der Waals surface area contributed by atoms with Gasteiger partial charge in [0.15, 0.2) is 0 Å². The predicted octanol–water partition coefficient (Wildman–Crippen LogP) is 17.2. The van der Waals surface area contributed by atoms with Gasteiger partial charge < -0.3 is 14.2 Å². The van der Waals surface area contributed by atoms with Crippen LogP contribution in [0.15, 0.2) is 196 Å². The molecule has 0 unspecified atom stereocenters. The Bertz CT molecular complexity index is 3960. The molecule has 0 saturated carbocycles. The third-order valence-corrected chi connectivity index (χ3v) is 14.7. The number of hydrogen-bond acceptors (Lipinski definition) is 6. The van der Waals surface area contributed by atoms with Crippen molar-refractivity contribution in [2.24, 2.45) is 9.98 Å². The van der Waals surface area contributed by atoms with Gasteiger partial charge in [0, 0.05) is 74.9 Å². The number of aliphatic imine (C=N–C) groups is 2. The van der Waals surface area contributed by atoms with Crippen molar-refractivity contribution in [3.05, 3.63) is 210 Å².